The molecule has 0 radical (unpaired) electrons. The Bertz CT molecular complexity index is 594. The Morgan fingerprint density at radius 1 is 1.33 bits per heavy atom. The van der Waals surface area contributed by atoms with Gasteiger partial charge in [-0.15, -0.1) is 0 Å². The number of aromatic nitrogens is 1. The van der Waals surface area contributed by atoms with E-state index in [9.17, 15) is 4.79 Å². The van der Waals surface area contributed by atoms with E-state index < -0.39 is 5.97 Å². The van der Waals surface area contributed by atoms with Crippen molar-refractivity contribution in [1.29, 1.82) is 0 Å². The third kappa shape index (κ3) is 1.97. The maximum Gasteiger partial charge on any atom is 0.347 e. The Morgan fingerprint density at radius 2 is 2.11 bits per heavy atom. The number of thiazole rings is 1. The zero-order valence-corrected chi connectivity index (χ0v) is 10.5. The molecule has 1 aliphatic heterocycles. The van der Waals surface area contributed by atoms with E-state index in [1.54, 1.807) is 0 Å². The fraction of sp³-hybridized carbons (Fsp3) is 0.231. The summed E-state index contributed by atoms with van der Waals surface area (Å²) in [6.45, 7) is 1.70. The van der Waals surface area contributed by atoms with Crippen LogP contribution < -0.4 is 4.90 Å². The molecule has 0 saturated carbocycles. The SMILES string of the molecule is O=C(O)c1cnc(N2CCc3ccccc3C2)s1. The van der Waals surface area contributed by atoms with Gasteiger partial charge in [0, 0.05) is 13.1 Å². The predicted molar refractivity (Wildman–Crippen MR) is 70.3 cm³/mol. The number of rotatable bonds is 2. The average Bonchev–Trinajstić information content (AvgIpc) is 2.88. The summed E-state index contributed by atoms with van der Waals surface area (Å²) >= 11 is 1.24. The van der Waals surface area contributed by atoms with Crippen LogP contribution in [0.5, 0.6) is 0 Å². The van der Waals surface area contributed by atoms with Crippen LogP contribution >= 0.6 is 11.3 Å². The van der Waals surface area contributed by atoms with E-state index in [2.05, 4.69) is 28.1 Å². The molecule has 0 aliphatic carbocycles. The zero-order valence-electron chi connectivity index (χ0n) is 9.67. The number of carbonyl (C=O) groups is 1. The van der Waals surface area contributed by atoms with Crippen LogP contribution in [0.1, 0.15) is 20.8 Å². The van der Waals surface area contributed by atoms with Crippen molar-refractivity contribution in [3.63, 3.8) is 0 Å². The number of hydrogen-bond donors (Lipinski definition) is 1. The number of nitrogens with zero attached hydrogens (tertiary/aromatic N) is 2. The zero-order chi connectivity index (χ0) is 12.5. The van der Waals surface area contributed by atoms with Crippen LogP contribution in [0.3, 0.4) is 0 Å². The van der Waals surface area contributed by atoms with E-state index in [0.717, 1.165) is 24.6 Å². The van der Waals surface area contributed by atoms with Gasteiger partial charge in [-0.25, -0.2) is 9.78 Å². The Kier molecular flexibility index (Phi) is 2.76. The van der Waals surface area contributed by atoms with Gasteiger partial charge in [0.25, 0.3) is 0 Å². The maximum absolute atomic E-state index is 10.8. The summed E-state index contributed by atoms with van der Waals surface area (Å²) in [6, 6.07) is 8.36. The molecule has 3 rings (SSSR count). The van der Waals surface area contributed by atoms with E-state index in [0.29, 0.717) is 4.88 Å². The van der Waals surface area contributed by atoms with Gasteiger partial charge in [-0.2, -0.15) is 0 Å². The molecule has 1 aromatic carbocycles. The van der Waals surface area contributed by atoms with E-state index in [1.807, 2.05) is 6.07 Å². The number of aromatic carboxylic acids is 1. The van der Waals surface area contributed by atoms with Crippen LogP contribution in [0.4, 0.5) is 5.13 Å². The summed E-state index contributed by atoms with van der Waals surface area (Å²) in [7, 11) is 0. The molecule has 0 atom stereocenters. The molecule has 0 unspecified atom stereocenters. The average molecular weight is 260 g/mol. The number of hydrogen-bond acceptors (Lipinski definition) is 4. The van der Waals surface area contributed by atoms with Gasteiger partial charge < -0.3 is 10.0 Å². The molecular weight excluding hydrogens is 248 g/mol. The summed E-state index contributed by atoms with van der Waals surface area (Å²) in [6.07, 6.45) is 2.42. The Labute approximate surface area is 109 Å². The van der Waals surface area contributed by atoms with Gasteiger partial charge in [-0.3, -0.25) is 0 Å². The Hall–Kier alpha value is -1.88. The minimum atomic E-state index is -0.906. The van der Waals surface area contributed by atoms with E-state index >= 15 is 0 Å². The fourth-order valence-corrected chi connectivity index (χ4v) is 2.95. The van der Waals surface area contributed by atoms with Crippen LogP contribution in [0.15, 0.2) is 30.5 Å². The molecule has 2 heterocycles. The number of fused-ring (bicyclic) bond motifs is 1. The lowest BCUT2D eigenvalue weighted by atomic mass is 10.0. The molecule has 2 aromatic rings. The lowest BCUT2D eigenvalue weighted by Gasteiger charge is -2.28. The highest BCUT2D eigenvalue weighted by atomic mass is 32.1. The van der Waals surface area contributed by atoms with Gasteiger partial charge in [-0.1, -0.05) is 35.6 Å². The Morgan fingerprint density at radius 3 is 2.83 bits per heavy atom. The Balaban J connectivity index is 1.85. The second-order valence-corrected chi connectivity index (χ2v) is 5.26. The lowest BCUT2D eigenvalue weighted by molar-refractivity contribution is 0.0702. The first-order valence-corrected chi connectivity index (χ1v) is 6.56. The molecule has 0 bridgehead atoms. The number of benzene rings is 1. The molecule has 0 spiro atoms. The molecule has 18 heavy (non-hydrogen) atoms. The number of carboxylic acid groups (broad SMARTS) is 1. The highest BCUT2D eigenvalue weighted by Gasteiger charge is 2.19. The monoisotopic (exact) mass is 260 g/mol. The smallest absolute Gasteiger partial charge is 0.347 e. The van der Waals surface area contributed by atoms with Gasteiger partial charge in [-0.05, 0) is 17.5 Å². The molecule has 1 N–H and O–H groups in total. The molecular formula is C13H12N2O2S. The van der Waals surface area contributed by atoms with Crippen LogP contribution in [-0.4, -0.2) is 22.6 Å². The van der Waals surface area contributed by atoms with Crippen LogP contribution in [0.25, 0.3) is 0 Å². The number of carboxylic acids is 1. The van der Waals surface area contributed by atoms with Crippen molar-refractivity contribution >= 4 is 22.4 Å². The van der Waals surface area contributed by atoms with Crippen molar-refractivity contribution in [2.24, 2.45) is 0 Å². The van der Waals surface area contributed by atoms with Crippen molar-refractivity contribution < 1.29 is 9.90 Å². The first-order valence-electron chi connectivity index (χ1n) is 5.75. The van der Waals surface area contributed by atoms with Gasteiger partial charge >= 0.3 is 5.97 Å². The van der Waals surface area contributed by atoms with E-state index in [-0.39, 0.29) is 0 Å². The van der Waals surface area contributed by atoms with Gasteiger partial charge in [0.1, 0.15) is 4.88 Å². The highest BCUT2D eigenvalue weighted by Crippen LogP contribution is 2.28. The molecule has 0 fully saturated rings. The number of anilines is 1. The third-order valence-electron chi connectivity index (χ3n) is 3.11. The highest BCUT2D eigenvalue weighted by molar-refractivity contribution is 7.17. The first-order chi connectivity index (χ1) is 8.74. The standard InChI is InChI=1S/C13H12N2O2S/c16-12(17)11-7-14-13(18-11)15-6-5-9-3-1-2-4-10(9)8-15/h1-4,7H,5-6,8H2,(H,16,17). The summed E-state index contributed by atoms with van der Waals surface area (Å²) in [5, 5.41) is 9.70. The topological polar surface area (TPSA) is 53.4 Å². The van der Waals surface area contributed by atoms with Crippen LogP contribution in [0.2, 0.25) is 0 Å². The second kappa shape index (κ2) is 4.42. The molecule has 4 nitrogen and oxygen atoms in total. The predicted octanol–water partition coefficient (Wildman–Crippen LogP) is 2.40. The van der Waals surface area contributed by atoms with Gasteiger partial charge in [0.05, 0.1) is 6.20 Å². The fourth-order valence-electron chi connectivity index (χ4n) is 2.17. The second-order valence-electron chi connectivity index (χ2n) is 4.25. The molecule has 0 saturated heterocycles. The molecule has 5 heteroatoms. The van der Waals surface area contributed by atoms with E-state index in [1.165, 1.54) is 28.7 Å². The van der Waals surface area contributed by atoms with Crippen molar-refractivity contribution in [3.05, 3.63) is 46.5 Å². The molecule has 1 aromatic heterocycles. The van der Waals surface area contributed by atoms with Crippen molar-refractivity contribution in [2.45, 2.75) is 13.0 Å². The summed E-state index contributed by atoms with van der Waals surface area (Å²) in [5.41, 5.74) is 2.68. The summed E-state index contributed by atoms with van der Waals surface area (Å²) < 4.78 is 0. The quantitative estimate of drug-likeness (QED) is 0.901. The van der Waals surface area contributed by atoms with Crippen molar-refractivity contribution in [2.75, 3.05) is 11.4 Å². The normalized spacial score (nSPS) is 14.3. The molecule has 92 valence electrons. The van der Waals surface area contributed by atoms with Crippen LogP contribution in [0, 0.1) is 0 Å². The summed E-state index contributed by atoms with van der Waals surface area (Å²) in [4.78, 5) is 17.5. The third-order valence-corrected chi connectivity index (χ3v) is 4.15. The van der Waals surface area contributed by atoms with Gasteiger partial charge in [0.15, 0.2) is 5.13 Å². The first kappa shape index (κ1) is 11.2. The van der Waals surface area contributed by atoms with Crippen molar-refractivity contribution in [3.8, 4) is 0 Å². The van der Waals surface area contributed by atoms with Gasteiger partial charge in [0.2, 0.25) is 0 Å². The molecule has 0 amide bonds. The van der Waals surface area contributed by atoms with Crippen LogP contribution in [-0.2, 0) is 13.0 Å². The maximum atomic E-state index is 10.8. The molecule has 1 aliphatic rings. The summed E-state index contributed by atoms with van der Waals surface area (Å²) in [5.74, 6) is -0.906. The van der Waals surface area contributed by atoms with Crippen molar-refractivity contribution in [1.82, 2.24) is 4.98 Å². The lowest BCUT2D eigenvalue weighted by Crippen LogP contribution is -2.30. The minimum Gasteiger partial charge on any atom is -0.477 e. The van der Waals surface area contributed by atoms with E-state index in [4.69, 9.17) is 5.11 Å². The largest absolute Gasteiger partial charge is 0.477 e. The minimum absolute atomic E-state index is 0.295.